The minimum absolute atomic E-state index is 0. The van der Waals surface area contributed by atoms with E-state index >= 15 is 0 Å². The molecule has 0 fully saturated rings. The number of aromatic nitrogens is 1. The van der Waals surface area contributed by atoms with Crippen molar-refractivity contribution in [2.24, 2.45) is 0 Å². The summed E-state index contributed by atoms with van der Waals surface area (Å²) in [6.07, 6.45) is 1.45. The van der Waals surface area contributed by atoms with Crippen molar-refractivity contribution in [2.75, 3.05) is 7.11 Å². The number of carbonyl (C=O) groups excluding carboxylic acids is 1. The van der Waals surface area contributed by atoms with E-state index in [2.05, 4.69) is 6.58 Å². The molecule has 2 aromatic rings. The zero-order valence-corrected chi connectivity index (χ0v) is 12.9. The summed E-state index contributed by atoms with van der Waals surface area (Å²) in [5.41, 5.74) is 1.70. The summed E-state index contributed by atoms with van der Waals surface area (Å²) in [6, 6.07) is 10.6. The van der Waals surface area contributed by atoms with Crippen LogP contribution < -0.4 is 39.4 Å². The number of ether oxygens (including phenoxy) is 1. The molecule has 0 radical (unpaired) electrons. The Morgan fingerprint density at radius 1 is 1.26 bits per heavy atom. The van der Waals surface area contributed by atoms with Gasteiger partial charge in [-0.2, -0.15) is 0 Å². The smallest absolute Gasteiger partial charge is 0.543 e. The third-order valence-corrected chi connectivity index (χ3v) is 2.70. The van der Waals surface area contributed by atoms with Crippen LogP contribution in [0.5, 0.6) is 5.75 Å². The van der Waals surface area contributed by atoms with Crippen LogP contribution in [0.1, 0.15) is 10.5 Å². The van der Waals surface area contributed by atoms with Crippen molar-refractivity contribution >= 4 is 12.2 Å². The molecule has 0 amide bonds. The molecule has 5 heteroatoms. The van der Waals surface area contributed by atoms with Gasteiger partial charge in [-0.15, -0.1) is 0 Å². The minimum atomic E-state index is -1.23. The van der Waals surface area contributed by atoms with Crippen LogP contribution in [0, 0.1) is 0 Å². The fourth-order valence-corrected chi connectivity index (χ4v) is 1.81. The molecule has 0 aliphatic carbocycles. The average molecular weight is 265 g/mol. The molecule has 19 heavy (non-hydrogen) atoms. The Kier molecular flexibility index (Phi) is 5.42. The third-order valence-electron chi connectivity index (χ3n) is 2.70. The number of rotatable bonds is 4. The molecule has 0 unspecified atom stereocenters. The molecule has 0 saturated carbocycles. The Hall–Kier alpha value is -1.49. The second-order valence-corrected chi connectivity index (χ2v) is 3.67. The number of carboxylic acid groups (broad SMARTS) is 1. The Balaban J connectivity index is 0.00000180. The van der Waals surface area contributed by atoms with Gasteiger partial charge >= 0.3 is 29.6 Å². The largest absolute Gasteiger partial charge is 1.00 e. The van der Waals surface area contributed by atoms with Crippen LogP contribution in [0.4, 0.5) is 0 Å². The monoisotopic (exact) mass is 265 g/mol. The van der Waals surface area contributed by atoms with E-state index in [-0.39, 0.29) is 35.3 Å². The molecule has 0 aliphatic rings. The number of carboxylic acids is 1. The summed E-state index contributed by atoms with van der Waals surface area (Å²) in [5, 5.41) is 10.9. The van der Waals surface area contributed by atoms with Crippen molar-refractivity contribution in [3.05, 3.63) is 48.7 Å². The fourth-order valence-electron chi connectivity index (χ4n) is 1.81. The maximum Gasteiger partial charge on any atom is 1.00 e. The van der Waals surface area contributed by atoms with E-state index in [9.17, 15) is 9.90 Å². The van der Waals surface area contributed by atoms with Gasteiger partial charge in [0, 0.05) is 6.20 Å². The summed E-state index contributed by atoms with van der Waals surface area (Å²) in [4.78, 5) is 10.9. The molecular formula is C14H12NNaO3. The van der Waals surface area contributed by atoms with Gasteiger partial charge in [-0.05, 0) is 42.0 Å². The second kappa shape index (κ2) is 6.61. The molecule has 0 saturated heterocycles. The Morgan fingerprint density at radius 3 is 2.37 bits per heavy atom. The van der Waals surface area contributed by atoms with Crippen molar-refractivity contribution in [3.8, 4) is 17.0 Å². The van der Waals surface area contributed by atoms with Crippen molar-refractivity contribution in [2.45, 2.75) is 0 Å². The summed E-state index contributed by atoms with van der Waals surface area (Å²) in [6.45, 7) is 3.61. The molecule has 1 heterocycles. The van der Waals surface area contributed by atoms with Crippen LogP contribution >= 0.6 is 0 Å². The maximum atomic E-state index is 10.9. The molecule has 0 bridgehead atoms. The number of methoxy groups -OCH3 is 1. The van der Waals surface area contributed by atoms with E-state index in [0.29, 0.717) is 0 Å². The van der Waals surface area contributed by atoms with Crippen LogP contribution in [0.3, 0.4) is 0 Å². The first-order valence-corrected chi connectivity index (χ1v) is 5.37. The zero-order chi connectivity index (χ0) is 13.1. The predicted molar refractivity (Wildman–Crippen MR) is 67.1 cm³/mol. The number of nitrogens with zero attached hydrogens (tertiary/aromatic N) is 1. The van der Waals surface area contributed by atoms with Crippen molar-refractivity contribution in [3.63, 3.8) is 0 Å². The molecule has 2 rings (SSSR count). The molecule has 1 aromatic heterocycles. The third kappa shape index (κ3) is 3.10. The normalized spacial score (nSPS) is 9.53. The first-order chi connectivity index (χ1) is 8.67. The molecule has 92 valence electrons. The standard InChI is InChI=1S/C14H13NO3.Na/c1-3-15-12(8-9-13(15)14(16)17)10-4-6-11(18-2)7-5-10;/h3-9H,1H2,2H3,(H,16,17);/q;+1/p-1. The Labute approximate surface area is 133 Å². The summed E-state index contributed by atoms with van der Waals surface area (Å²) in [7, 11) is 1.59. The van der Waals surface area contributed by atoms with E-state index in [0.717, 1.165) is 17.0 Å². The summed E-state index contributed by atoms with van der Waals surface area (Å²) < 4.78 is 6.56. The number of hydrogen-bond donors (Lipinski definition) is 0. The molecule has 0 spiro atoms. The van der Waals surface area contributed by atoms with Gasteiger partial charge < -0.3 is 19.2 Å². The predicted octanol–water partition coefficient (Wildman–Crippen LogP) is -1.37. The van der Waals surface area contributed by atoms with Gasteiger partial charge in [-0.25, -0.2) is 0 Å². The molecular weight excluding hydrogens is 253 g/mol. The van der Waals surface area contributed by atoms with Crippen LogP contribution in [-0.2, 0) is 0 Å². The van der Waals surface area contributed by atoms with Gasteiger partial charge in [-0.1, -0.05) is 6.58 Å². The van der Waals surface area contributed by atoms with Crippen LogP contribution in [-0.4, -0.2) is 17.6 Å². The van der Waals surface area contributed by atoms with Gasteiger partial charge in [-0.3, -0.25) is 0 Å². The topological polar surface area (TPSA) is 54.3 Å². The van der Waals surface area contributed by atoms with E-state index in [1.165, 1.54) is 16.8 Å². The summed E-state index contributed by atoms with van der Waals surface area (Å²) in [5.74, 6) is -0.481. The van der Waals surface area contributed by atoms with E-state index in [4.69, 9.17) is 4.74 Å². The van der Waals surface area contributed by atoms with Gasteiger partial charge in [0.15, 0.2) is 0 Å². The van der Waals surface area contributed by atoms with Crippen molar-refractivity contribution < 1.29 is 44.2 Å². The van der Waals surface area contributed by atoms with Gasteiger partial charge in [0.1, 0.15) is 5.75 Å². The second-order valence-electron chi connectivity index (χ2n) is 3.67. The van der Waals surface area contributed by atoms with Crippen LogP contribution in [0.15, 0.2) is 43.0 Å². The minimum Gasteiger partial charge on any atom is -0.543 e. The Morgan fingerprint density at radius 2 is 1.89 bits per heavy atom. The first-order valence-electron chi connectivity index (χ1n) is 5.37. The fraction of sp³-hybridized carbons (Fsp3) is 0.0714. The van der Waals surface area contributed by atoms with Gasteiger partial charge in [0.25, 0.3) is 0 Å². The number of carbonyl (C=O) groups is 1. The molecule has 1 aromatic carbocycles. The maximum absolute atomic E-state index is 10.9. The first kappa shape index (κ1) is 15.6. The van der Waals surface area contributed by atoms with E-state index in [1.807, 2.05) is 24.3 Å². The van der Waals surface area contributed by atoms with Gasteiger partial charge in [0.2, 0.25) is 0 Å². The summed E-state index contributed by atoms with van der Waals surface area (Å²) >= 11 is 0. The molecule has 0 atom stereocenters. The molecule has 4 nitrogen and oxygen atoms in total. The number of benzene rings is 1. The van der Waals surface area contributed by atoms with Crippen molar-refractivity contribution in [1.29, 1.82) is 0 Å². The zero-order valence-electron chi connectivity index (χ0n) is 10.9. The van der Waals surface area contributed by atoms with Gasteiger partial charge in [0.05, 0.1) is 24.5 Å². The average Bonchev–Trinajstić information content (AvgIpc) is 2.82. The van der Waals surface area contributed by atoms with E-state index in [1.54, 1.807) is 13.2 Å². The van der Waals surface area contributed by atoms with E-state index < -0.39 is 5.97 Å². The van der Waals surface area contributed by atoms with Crippen LogP contribution in [0.2, 0.25) is 0 Å². The number of aromatic carboxylic acids is 1. The number of hydrogen-bond acceptors (Lipinski definition) is 3. The quantitative estimate of drug-likeness (QED) is 0.641. The SMILES string of the molecule is C=Cn1c(C(=O)[O-])ccc1-c1ccc(OC)cc1.[Na+]. The van der Waals surface area contributed by atoms with Crippen LogP contribution in [0.25, 0.3) is 17.5 Å². The molecule has 0 aliphatic heterocycles. The Bertz CT molecular complexity index is 587. The van der Waals surface area contributed by atoms with Crippen molar-refractivity contribution in [1.82, 2.24) is 4.57 Å². The molecule has 0 N–H and O–H groups in total.